The lowest BCUT2D eigenvalue weighted by atomic mass is 9.83. The van der Waals surface area contributed by atoms with Crippen LogP contribution in [0.3, 0.4) is 0 Å². The van der Waals surface area contributed by atoms with Gasteiger partial charge in [-0.3, -0.25) is 4.79 Å². The van der Waals surface area contributed by atoms with Crippen molar-refractivity contribution in [3.05, 3.63) is 70.6 Å². The zero-order valence-corrected chi connectivity index (χ0v) is 18.2. The predicted octanol–water partition coefficient (Wildman–Crippen LogP) is 5.97. The third-order valence-corrected chi connectivity index (χ3v) is 6.48. The van der Waals surface area contributed by atoms with Crippen molar-refractivity contribution in [2.75, 3.05) is 0 Å². The highest BCUT2D eigenvalue weighted by Crippen LogP contribution is 2.39. The van der Waals surface area contributed by atoms with Crippen LogP contribution < -0.4 is 5.32 Å². The zero-order valence-electron chi connectivity index (χ0n) is 18.2. The fraction of sp³-hybridized carbons (Fsp3) is 0.308. The highest BCUT2D eigenvalue weighted by Gasteiger charge is 2.35. The monoisotopic (exact) mass is 397 g/mol. The molecule has 1 atom stereocenters. The second kappa shape index (κ2) is 6.43. The Labute approximate surface area is 177 Å². The van der Waals surface area contributed by atoms with Gasteiger partial charge in [0, 0.05) is 34.5 Å². The molecule has 1 unspecified atom stereocenters. The molecule has 0 fully saturated rings. The first kappa shape index (κ1) is 18.9. The van der Waals surface area contributed by atoms with Gasteiger partial charge < -0.3 is 10.3 Å². The number of aromatic amines is 1. The summed E-state index contributed by atoms with van der Waals surface area (Å²) >= 11 is 0. The van der Waals surface area contributed by atoms with Crippen molar-refractivity contribution in [2.45, 2.75) is 46.6 Å². The topological polar surface area (TPSA) is 57.8 Å². The van der Waals surface area contributed by atoms with Crippen molar-refractivity contribution in [3.63, 3.8) is 0 Å². The molecule has 2 aliphatic rings. The van der Waals surface area contributed by atoms with E-state index in [1.54, 1.807) is 0 Å². The molecule has 0 saturated heterocycles. The summed E-state index contributed by atoms with van der Waals surface area (Å²) in [4.78, 5) is 20.3. The second-order valence-corrected chi connectivity index (χ2v) is 9.35. The number of nitrogens with zero attached hydrogens (tertiary/aromatic N) is 1. The van der Waals surface area contributed by atoms with Crippen molar-refractivity contribution in [3.8, 4) is 11.1 Å². The number of carbonyl (C=O) groups excluding carboxylic acids is 1. The molecule has 0 saturated carbocycles. The van der Waals surface area contributed by atoms with Crippen molar-refractivity contribution in [1.29, 1.82) is 0 Å². The van der Waals surface area contributed by atoms with Gasteiger partial charge in [0.15, 0.2) is 0 Å². The maximum atomic E-state index is 12.3. The summed E-state index contributed by atoms with van der Waals surface area (Å²) in [5, 5.41) is 4.17. The zero-order chi connectivity index (χ0) is 21.2. The van der Waals surface area contributed by atoms with E-state index in [2.05, 4.69) is 49.3 Å². The van der Waals surface area contributed by atoms with Crippen molar-refractivity contribution >= 4 is 22.5 Å². The third kappa shape index (κ3) is 2.82. The van der Waals surface area contributed by atoms with Gasteiger partial charge in [0.25, 0.3) is 5.91 Å². The van der Waals surface area contributed by atoms with Gasteiger partial charge >= 0.3 is 0 Å². The Morgan fingerprint density at radius 1 is 1.10 bits per heavy atom. The Morgan fingerprint density at radius 2 is 1.90 bits per heavy atom. The minimum Gasteiger partial charge on any atom is -0.346 e. The van der Waals surface area contributed by atoms with Crippen LogP contribution in [0, 0.1) is 5.92 Å². The first-order valence-corrected chi connectivity index (χ1v) is 10.6. The standard InChI is InChI=1S/C26H27N3O/c1-14-8-15(2)23(16(3)9-14)18-10-20-21(13-28-24(20)27-12-18)17-6-7-19-22(11-17)26(4,5)29-25(19)30/h6-8,10-14H,9H2,1-5H3,(H,27,28)(H,29,30). The number of aromatic nitrogens is 2. The van der Waals surface area contributed by atoms with Gasteiger partial charge in [-0.25, -0.2) is 4.98 Å². The lowest BCUT2D eigenvalue weighted by Crippen LogP contribution is -2.32. The molecule has 4 nitrogen and oxygen atoms in total. The normalized spacial score (nSPS) is 20.4. The summed E-state index contributed by atoms with van der Waals surface area (Å²) in [6.45, 7) is 10.8. The highest BCUT2D eigenvalue weighted by atomic mass is 16.2. The lowest BCUT2D eigenvalue weighted by Gasteiger charge is -2.22. The van der Waals surface area contributed by atoms with Crippen LogP contribution in [0.5, 0.6) is 0 Å². The number of allylic oxidation sites excluding steroid dienone is 4. The van der Waals surface area contributed by atoms with E-state index in [1.807, 2.05) is 38.4 Å². The first-order chi connectivity index (χ1) is 14.2. The molecule has 4 heteroatoms. The van der Waals surface area contributed by atoms with Gasteiger partial charge in [0.2, 0.25) is 0 Å². The Bertz CT molecular complexity index is 1270. The maximum absolute atomic E-state index is 12.3. The van der Waals surface area contributed by atoms with Crippen LogP contribution in [0.25, 0.3) is 27.7 Å². The minimum absolute atomic E-state index is 0.000584. The molecule has 1 amide bonds. The lowest BCUT2D eigenvalue weighted by molar-refractivity contribution is 0.0940. The van der Waals surface area contributed by atoms with E-state index in [4.69, 9.17) is 4.98 Å². The first-order valence-electron chi connectivity index (χ1n) is 10.6. The van der Waals surface area contributed by atoms with Crippen molar-refractivity contribution in [2.24, 2.45) is 5.92 Å². The molecular formula is C26H27N3O. The quantitative estimate of drug-likeness (QED) is 0.560. The van der Waals surface area contributed by atoms with Crippen LogP contribution in [-0.4, -0.2) is 15.9 Å². The summed E-state index contributed by atoms with van der Waals surface area (Å²) in [6.07, 6.45) is 7.44. The Hall–Kier alpha value is -3.14. The summed E-state index contributed by atoms with van der Waals surface area (Å²) in [7, 11) is 0. The van der Waals surface area contributed by atoms with Crippen LogP contribution in [0.4, 0.5) is 0 Å². The van der Waals surface area contributed by atoms with E-state index in [-0.39, 0.29) is 11.4 Å². The summed E-state index contributed by atoms with van der Waals surface area (Å²) in [5.74, 6) is 0.583. The van der Waals surface area contributed by atoms with Gasteiger partial charge in [-0.05, 0) is 80.5 Å². The number of benzene rings is 1. The van der Waals surface area contributed by atoms with E-state index < -0.39 is 0 Å². The van der Waals surface area contributed by atoms with Gasteiger partial charge in [-0.15, -0.1) is 0 Å². The van der Waals surface area contributed by atoms with E-state index in [0.29, 0.717) is 5.92 Å². The number of pyridine rings is 1. The number of nitrogens with one attached hydrogen (secondary N) is 2. The average Bonchev–Trinajstić information content (AvgIpc) is 3.19. The molecule has 1 aliphatic carbocycles. The van der Waals surface area contributed by atoms with E-state index in [1.165, 1.54) is 22.3 Å². The average molecular weight is 398 g/mol. The fourth-order valence-electron chi connectivity index (χ4n) is 5.19. The van der Waals surface area contributed by atoms with Crippen molar-refractivity contribution in [1.82, 2.24) is 15.3 Å². The molecule has 1 aromatic carbocycles. The predicted molar refractivity (Wildman–Crippen MR) is 122 cm³/mol. The molecule has 0 bridgehead atoms. The molecule has 0 spiro atoms. The molecule has 1 aliphatic heterocycles. The molecule has 5 rings (SSSR count). The number of rotatable bonds is 2. The summed E-state index contributed by atoms with van der Waals surface area (Å²) in [5.41, 5.74) is 9.77. The van der Waals surface area contributed by atoms with E-state index >= 15 is 0 Å². The molecule has 152 valence electrons. The van der Waals surface area contributed by atoms with Crippen LogP contribution in [-0.2, 0) is 5.54 Å². The molecule has 0 radical (unpaired) electrons. The number of fused-ring (bicyclic) bond motifs is 2. The number of amides is 1. The molecule has 2 aromatic heterocycles. The number of carbonyl (C=O) groups is 1. The van der Waals surface area contributed by atoms with Gasteiger partial charge in [0.1, 0.15) is 5.65 Å². The van der Waals surface area contributed by atoms with Crippen LogP contribution >= 0.6 is 0 Å². The molecule has 2 N–H and O–H groups in total. The second-order valence-electron chi connectivity index (χ2n) is 9.35. The summed E-state index contributed by atoms with van der Waals surface area (Å²) in [6, 6.07) is 8.36. The molecular weight excluding hydrogens is 370 g/mol. The Morgan fingerprint density at radius 3 is 2.67 bits per heavy atom. The van der Waals surface area contributed by atoms with E-state index in [0.717, 1.165) is 39.7 Å². The molecule has 3 heterocycles. The Balaban J connectivity index is 1.65. The summed E-state index contributed by atoms with van der Waals surface area (Å²) < 4.78 is 0. The fourth-order valence-corrected chi connectivity index (χ4v) is 5.19. The van der Waals surface area contributed by atoms with Gasteiger partial charge in [-0.1, -0.05) is 24.6 Å². The van der Waals surface area contributed by atoms with Gasteiger partial charge in [0.05, 0.1) is 5.54 Å². The smallest absolute Gasteiger partial charge is 0.252 e. The molecule has 3 aromatic rings. The SMILES string of the molecule is CC1=CC(C)CC(C)=C1c1cnc2[nH]cc(-c3ccc4c(c3)C(C)(C)NC4=O)c2c1. The largest absolute Gasteiger partial charge is 0.346 e. The van der Waals surface area contributed by atoms with Crippen LogP contribution in [0.2, 0.25) is 0 Å². The number of hydrogen-bond donors (Lipinski definition) is 2. The maximum Gasteiger partial charge on any atom is 0.252 e. The highest BCUT2D eigenvalue weighted by molar-refractivity contribution is 6.02. The Kier molecular flexibility index (Phi) is 4.04. The minimum atomic E-state index is -0.361. The van der Waals surface area contributed by atoms with Crippen LogP contribution in [0.15, 0.2) is 53.9 Å². The van der Waals surface area contributed by atoms with Crippen molar-refractivity contribution < 1.29 is 4.79 Å². The third-order valence-electron chi connectivity index (χ3n) is 6.48. The number of H-pyrrole nitrogens is 1. The van der Waals surface area contributed by atoms with E-state index in [9.17, 15) is 4.79 Å². The van der Waals surface area contributed by atoms with Gasteiger partial charge in [-0.2, -0.15) is 0 Å². The molecule has 30 heavy (non-hydrogen) atoms. The van der Waals surface area contributed by atoms with Crippen LogP contribution in [0.1, 0.15) is 62.5 Å². The number of hydrogen-bond acceptors (Lipinski definition) is 2.